The van der Waals surface area contributed by atoms with Crippen LogP contribution in [0.3, 0.4) is 0 Å². The lowest BCUT2D eigenvalue weighted by molar-refractivity contribution is -0.119. The number of nitrogens with zero attached hydrogens (tertiary/aromatic N) is 3. The molecule has 1 aromatic heterocycles. The van der Waals surface area contributed by atoms with Gasteiger partial charge in [-0.3, -0.25) is 9.10 Å². The van der Waals surface area contributed by atoms with Crippen LogP contribution in [0.5, 0.6) is 0 Å². The van der Waals surface area contributed by atoms with E-state index in [4.69, 9.17) is 11.6 Å². The molecule has 1 amide bonds. The number of aryl methyl sites for hydroxylation is 3. The number of sulfonamides is 1. The zero-order valence-electron chi connectivity index (χ0n) is 20.2. The van der Waals surface area contributed by atoms with Crippen molar-refractivity contribution in [1.82, 2.24) is 9.99 Å². The number of hydrogen-bond acceptors (Lipinski definition) is 4. The van der Waals surface area contributed by atoms with Crippen molar-refractivity contribution in [2.45, 2.75) is 34.6 Å². The maximum absolute atomic E-state index is 12.6. The highest BCUT2D eigenvalue weighted by Gasteiger charge is 2.23. The lowest BCUT2D eigenvalue weighted by Gasteiger charge is -2.23. The Hall–Kier alpha value is -3.10. The third-order valence-corrected chi connectivity index (χ3v) is 7.26. The van der Waals surface area contributed by atoms with Gasteiger partial charge in [0.25, 0.3) is 5.91 Å². The minimum Gasteiger partial charge on any atom is -0.317 e. The minimum atomic E-state index is -3.72. The minimum absolute atomic E-state index is 0.353. The van der Waals surface area contributed by atoms with E-state index in [-0.39, 0.29) is 0 Å². The number of hydrazone groups is 1. The Bertz CT molecular complexity index is 1360. The van der Waals surface area contributed by atoms with Gasteiger partial charge in [0.05, 0.1) is 23.8 Å². The molecule has 3 rings (SSSR count). The third-order valence-electron chi connectivity index (χ3n) is 5.72. The highest BCUT2D eigenvalue weighted by atomic mass is 35.5. The summed E-state index contributed by atoms with van der Waals surface area (Å²) in [5, 5.41) is 4.50. The van der Waals surface area contributed by atoms with Crippen LogP contribution in [0.25, 0.3) is 5.69 Å². The van der Waals surface area contributed by atoms with Gasteiger partial charge in [-0.05, 0) is 69.5 Å². The summed E-state index contributed by atoms with van der Waals surface area (Å²) < 4.78 is 27.9. The van der Waals surface area contributed by atoms with Crippen molar-refractivity contribution < 1.29 is 13.2 Å². The van der Waals surface area contributed by atoms with E-state index in [1.807, 2.05) is 26.0 Å². The number of para-hydroxylation sites is 1. The molecule has 0 saturated carbocycles. The first-order chi connectivity index (χ1) is 15.9. The second-order valence-electron chi connectivity index (χ2n) is 8.35. The first kappa shape index (κ1) is 25.5. The molecule has 9 heteroatoms. The molecule has 0 fully saturated rings. The molecule has 1 N–H and O–H groups in total. The summed E-state index contributed by atoms with van der Waals surface area (Å²) in [7, 11) is -3.72. The van der Waals surface area contributed by atoms with Gasteiger partial charge in [-0.1, -0.05) is 35.9 Å². The van der Waals surface area contributed by atoms with Gasteiger partial charge in [-0.15, -0.1) is 0 Å². The highest BCUT2D eigenvalue weighted by molar-refractivity contribution is 7.92. The number of anilines is 1. The monoisotopic (exact) mass is 500 g/mol. The molecule has 0 bridgehead atoms. The van der Waals surface area contributed by atoms with E-state index < -0.39 is 22.5 Å². The zero-order chi connectivity index (χ0) is 25.2. The van der Waals surface area contributed by atoms with Crippen LogP contribution in [0, 0.1) is 34.6 Å². The van der Waals surface area contributed by atoms with Crippen LogP contribution in [0.4, 0.5) is 5.69 Å². The lowest BCUT2D eigenvalue weighted by Crippen LogP contribution is -2.39. The highest BCUT2D eigenvalue weighted by Crippen LogP contribution is 2.28. The van der Waals surface area contributed by atoms with E-state index in [0.29, 0.717) is 16.3 Å². The van der Waals surface area contributed by atoms with Crippen molar-refractivity contribution in [2.75, 3.05) is 17.1 Å². The van der Waals surface area contributed by atoms with Crippen molar-refractivity contribution in [3.05, 3.63) is 81.1 Å². The molecule has 0 spiro atoms. The van der Waals surface area contributed by atoms with Gasteiger partial charge >= 0.3 is 0 Å². The van der Waals surface area contributed by atoms with Gasteiger partial charge in [0.15, 0.2) is 0 Å². The number of nitrogens with one attached hydrogen (secondary N) is 1. The fourth-order valence-electron chi connectivity index (χ4n) is 4.01. The second-order valence-corrected chi connectivity index (χ2v) is 10.7. The van der Waals surface area contributed by atoms with Crippen LogP contribution >= 0.6 is 11.6 Å². The molecule has 0 radical (unpaired) electrons. The van der Waals surface area contributed by atoms with E-state index in [1.165, 1.54) is 0 Å². The SMILES string of the molecule is Cc1cccc(C)c1-n1c(C)cc(/C=N\NC(=O)CN(c2cccc(Cl)c2C)S(C)(=O)=O)c1C. The van der Waals surface area contributed by atoms with E-state index in [9.17, 15) is 13.2 Å². The maximum atomic E-state index is 12.6. The first-order valence-corrected chi connectivity index (χ1v) is 12.9. The Balaban J connectivity index is 1.80. The molecule has 1 heterocycles. The molecule has 34 heavy (non-hydrogen) atoms. The lowest BCUT2D eigenvalue weighted by atomic mass is 10.1. The van der Waals surface area contributed by atoms with Crippen LogP contribution in [-0.4, -0.2) is 37.9 Å². The maximum Gasteiger partial charge on any atom is 0.260 e. The largest absolute Gasteiger partial charge is 0.317 e. The average molecular weight is 501 g/mol. The fraction of sp³-hybridized carbons (Fsp3) is 0.280. The molecular formula is C25H29ClN4O3S. The summed E-state index contributed by atoms with van der Waals surface area (Å²) in [6, 6.07) is 13.1. The van der Waals surface area contributed by atoms with Crippen LogP contribution in [0.2, 0.25) is 5.02 Å². The van der Waals surface area contributed by atoms with Crippen LogP contribution in [0.1, 0.15) is 33.6 Å². The Kier molecular flexibility index (Phi) is 7.53. The van der Waals surface area contributed by atoms with Crippen LogP contribution in [0.15, 0.2) is 47.6 Å². The molecule has 2 aromatic carbocycles. The quantitative estimate of drug-likeness (QED) is 0.380. The molecule has 7 nitrogen and oxygen atoms in total. The van der Waals surface area contributed by atoms with Gasteiger partial charge in [0, 0.05) is 22.0 Å². The standard InChI is InChI=1S/C25H29ClN4O3S/c1-16-9-7-10-17(2)25(16)30-18(3)13-21(20(30)5)14-27-28-24(31)15-29(34(6,32)33)23-12-8-11-22(26)19(23)4/h7-14H,15H2,1-6H3,(H,28,31)/b27-14-. The number of hydrogen-bond donors (Lipinski definition) is 1. The summed E-state index contributed by atoms with van der Waals surface area (Å²) >= 11 is 6.14. The zero-order valence-corrected chi connectivity index (χ0v) is 21.8. The van der Waals surface area contributed by atoms with Gasteiger partial charge in [0.2, 0.25) is 10.0 Å². The molecule has 0 aliphatic rings. The molecule has 0 aliphatic carbocycles. The van der Waals surface area contributed by atoms with Crippen molar-refractivity contribution in [3.8, 4) is 5.69 Å². The summed E-state index contributed by atoms with van der Waals surface area (Å²) in [4.78, 5) is 12.6. The Morgan fingerprint density at radius 3 is 2.32 bits per heavy atom. The van der Waals surface area contributed by atoms with Gasteiger partial charge in [-0.25, -0.2) is 13.8 Å². The Morgan fingerprint density at radius 1 is 1.09 bits per heavy atom. The van der Waals surface area contributed by atoms with Crippen LogP contribution in [-0.2, 0) is 14.8 Å². The third kappa shape index (κ3) is 5.34. The molecule has 180 valence electrons. The van der Waals surface area contributed by atoms with Crippen LogP contribution < -0.4 is 9.73 Å². The number of carbonyl (C=O) groups excluding carboxylic acids is 1. The molecule has 0 aliphatic heterocycles. The topological polar surface area (TPSA) is 83.8 Å². The van der Waals surface area contributed by atoms with Crippen molar-refractivity contribution >= 4 is 39.4 Å². The summed E-state index contributed by atoms with van der Waals surface area (Å²) in [6.45, 7) is 9.45. The van der Waals surface area contributed by atoms with Crippen molar-refractivity contribution in [3.63, 3.8) is 0 Å². The smallest absolute Gasteiger partial charge is 0.260 e. The number of amides is 1. The van der Waals surface area contributed by atoms with Gasteiger partial charge in [0.1, 0.15) is 6.54 Å². The van der Waals surface area contributed by atoms with Crippen molar-refractivity contribution in [1.29, 1.82) is 0 Å². The molecule has 0 atom stereocenters. The molecule has 0 saturated heterocycles. The normalized spacial score (nSPS) is 11.7. The van der Waals surface area contributed by atoms with Gasteiger partial charge in [-0.2, -0.15) is 5.10 Å². The summed E-state index contributed by atoms with van der Waals surface area (Å²) in [6.07, 6.45) is 2.62. The fourth-order valence-corrected chi connectivity index (χ4v) is 5.08. The number of benzene rings is 2. The van der Waals surface area contributed by atoms with E-state index >= 15 is 0 Å². The predicted molar refractivity (Wildman–Crippen MR) is 139 cm³/mol. The molecular weight excluding hydrogens is 472 g/mol. The molecule has 0 unspecified atom stereocenters. The Morgan fingerprint density at radius 2 is 1.71 bits per heavy atom. The van der Waals surface area contributed by atoms with E-state index in [2.05, 4.69) is 41.1 Å². The van der Waals surface area contributed by atoms with E-state index in [1.54, 1.807) is 31.3 Å². The number of carbonyl (C=O) groups is 1. The Labute approximate surface area is 206 Å². The van der Waals surface area contributed by atoms with Gasteiger partial charge < -0.3 is 4.57 Å². The number of rotatable bonds is 7. The summed E-state index contributed by atoms with van der Waals surface area (Å²) in [5.74, 6) is -0.565. The average Bonchev–Trinajstić information content (AvgIpc) is 3.01. The molecule has 3 aromatic rings. The number of halogens is 1. The second kappa shape index (κ2) is 10.0. The predicted octanol–water partition coefficient (Wildman–Crippen LogP) is 4.59. The van der Waals surface area contributed by atoms with E-state index in [0.717, 1.165) is 44.3 Å². The summed E-state index contributed by atoms with van der Waals surface area (Å²) in [5.41, 5.74) is 9.70. The van der Waals surface area contributed by atoms with Crippen molar-refractivity contribution in [2.24, 2.45) is 5.10 Å². The first-order valence-electron chi connectivity index (χ1n) is 10.7. The number of aromatic nitrogens is 1.